The average molecular weight is 435 g/mol. The van der Waals surface area contributed by atoms with Crippen molar-refractivity contribution >= 4 is 41.4 Å². The van der Waals surface area contributed by atoms with Gasteiger partial charge in [0.1, 0.15) is 18.1 Å². The van der Waals surface area contributed by atoms with Gasteiger partial charge >= 0.3 is 11.9 Å². The SMILES string of the molecule is CSCCC(NC(=O)C(C)NC(=O)C(N)C(C)C)C(=O)NC(CC(=O)O)C(=O)O. The van der Waals surface area contributed by atoms with Crippen LogP contribution >= 0.6 is 11.8 Å². The van der Waals surface area contributed by atoms with E-state index >= 15 is 0 Å². The fourth-order valence-corrected chi connectivity index (χ4v) is 2.60. The molecule has 0 spiro atoms. The van der Waals surface area contributed by atoms with Crippen molar-refractivity contribution in [2.24, 2.45) is 11.7 Å². The van der Waals surface area contributed by atoms with Crippen molar-refractivity contribution in [1.82, 2.24) is 16.0 Å². The molecule has 7 N–H and O–H groups in total. The fraction of sp³-hybridized carbons (Fsp3) is 0.706. The second-order valence-corrected chi connectivity index (χ2v) is 7.83. The van der Waals surface area contributed by atoms with Crippen LogP contribution in [0.2, 0.25) is 0 Å². The number of hydrogen-bond donors (Lipinski definition) is 6. The van der Waals surface area contributed by atoms with Crippen LogP contribution in [0.4, 0.5) is 0 Å². The molecule has 0 aromatic carbocycles. The maximum absolute atomic E-state index is 12.4. The summed E-state index contributed by atoms with van der Waals surface area (Å²) in [4.78, 5) is 58.7. The topological polar surface area (TPSA) is 188 Å². The summed E-state index contributed by atoms with van der Waals surface area (Å²) in [5.74, 6) is -4.53. The Balaban J connectivity index is 5.10. The number of nitrogens with two attached hydrogens (primary N) is 1. The van der Waals surface area contributed by atoms with Gasteiger partial charge in [-0.3, -0.25) is 19.2 Å². The van der Waals surface area contributed by atoms with E-state index in [9.17, 15) is 24.0 Å². The first kappa shape index (κ1) is 26.7. The molecular formula is C17H30N4O7S. The van der Waals surface area contributed by atoms with Crippen LogP contribution < -0.4 is 21.7 Å². The van der Waals surface area contributed by atoms with Gasteiger partial charge in [0, 0.05) is 0 Å². The summed E-state index contributed by atoms with van der Waals surface area (Å²) in [6.45, 7) is 4.94. The van der Waals surface area contributed by atoms with Gasteiger partial charge in [0.25, 0.3) is 0 Å². The lowest BCUT2D eigenvalue weighted by Crippen LogP contribution is -2.57. The van der Waals surface area contributed by atoms with Gasteiger partial charge in [-0.1, -0.05) is 13.8 Å². The lowest BCUT2D eigenvalue weighted by Gasteiger charge is -2.23. The zero-order chi connectivity index (χ0) is 22.7. The normalized spacial score (nSPS) is 15.0. The molecule has 3 amide bonds. The van der Waals surface area contributed by atoms with Crippen LogP contribution in [0.1, 0.15) is 33.6 Å². The molecule has 0 saturated heterocycles. The van der Waals surface area contributed by atoms with Gasteiger partial charge in [-0.05, 0) is 31.3 Å². The van der Waals surface area contributed by atoms with E-state index in [4.69, 9.17) is 15.9 Å². The molecule has 4 unspecified atom stereocenters. The standard InChI is InChI=1S/C17H30N4O7S/c1-8(2)13(18)16(26)19-9(3)14(24)20-10(5-6-29-4)15(25)21-11(17(27)28)7-12(22)23/h8-11,13H,5-7,18H2,1-4H3,(H,19,26)(H,20,24)(H,21,25)(H,22,23)(H,27,28). The van der Waals surface area contributed by atoms with Crippen LogP contribution in [0.15, 0.2) is 0 Å². The van der Waals surface area contributed by atoms with E-state index in [-0.39, 0.29) is 12.3 Å². The Morgan fingerprint density at radius 3 is 1.90 bits per heavy atom. The molecule has 0 heterocycles. The zero-order valence-electron chi connectivity index (χ0n) is 16.9. The van der Waals surface area contributed by atoms with Crippen molar-refractivity contribution in [3.8, 4) is 0 Å². The molecular weight excluding hydrogens is 404 g/mol. The molecule has 11 nitrogen and oxygen atoms in total. The summed E-state index contributed by atoms with van der Waals surface area (Å²) in [7, 11) is 0. The molecule has 0 aliphatic carbocycles. The van der Waals surface area contributed by atoms with Gasteiger partial charge in [0.15, 0.2) is 0 Å². The third kappa shape index (κ3) is 10.1. The molecule has 29 heavy (non-hydrogen) atoms. The van der Waals surface area contributed by atoms with Crippen molar-refractivity contribution < 1.29 is 34.2 Å². The lowest BCUT2D eigenvalue weighted by atomic mass is 10.0. The van der Waals surface area contributed by atoms with Crippen LogP contribution in [0.5, 0.6) is 0 Å². The first-order valence-corrected chi connectivity index (χ1v) is 10.4. The Kier molecular flexibility index (Phi) is 11.9. The highest BCUT2D eigenvalue weighted by Crippen LogP contribution is 2.04. The number of carboxylic acid groups (broad SMARTS) is 2. The summed E-state index contributed by atoms with van der Waals surface area (Å²) in [6.07, 6.45) is 1.17. The highest BCUT2D eigenvalue weighted by atomic mass is 32.2. The number of thioether (sulfide) groups is 1. The van der Waals surface area contributed by atoms with Gasteiger partial charge in [-0.15, -0.1) is 0 Å². The highest BCUT2D eigenvalue weighted by molar-refractivity contribution is 7.98. The van der Waals surface area contributed by atoms with Gasteiger partial charge in [-0.25, -0.2) is 4.79 Å². The number of carbonyl (C=O) groups is 5. The van der Waals surface area contributed by atoms with E-state index in [0.29, 0.717) is 5.75 Å². The molecule has 0 aliphatic heterocycles. The fourth-order valence-electron chi connectivity index (χ4n) is 2.13. The maximum atomic E-state index is 12.4. The number of carbonyl (C=O) groups excluding carboxylic acids is 3. The van der Waals surface area contributed by atoms with Crippen molar-refractivity contribution in [2.45, 2.75) is 57.8 Å². The van der Waals surface area contributed by atoms with Crippen LogP contribution in [0.25, 0.3) is 0 Å². The highest BCUT2D eigenvalue weighted by Gasteiger charge is 2.29. The molecule has 0 rings (SSSR count). The Morgan fingerprint density at radius 2 is 1.45 bits per heavy atom. The molecule has 0 saturated carbocycles. The first-order chi connectivity index (χ1) is 13.4. The van der Waals surface area contributed by atoms with Crippen molar-refractivity contribution in [3.05, 3.63) is 0 Å². The number of hydrogen-bond acceptors (Lipinski definition) is 7. The number of aliphatic carboxylic acids is 2. The third-order valence-electron chi connectivity index (χ3n) is 4.01. The Bertz CT molecular complexity index is 615. The van der Waals surface area contributed by atoms with E-state index in [1.54, 1.807) is 20.1 Å². The summed E-state index contributed by atoms with van der Waals surface area (Å²) in [6, 6.07) is -4.50. The van der Waals surface area contributed by atoms with E-state index < -0.39 is 60.2 Å². The molecule has 0 aromatic heterocycles. The number of amides is 3. The number of nitrogens with one attached hydrogen (secondary N) is 3. The lowest BCUT2D eigenvalue weighted by molar-refractivity contribution is -0.147. The average Bonchev–Trinajstić information content (AvgIpc) is 2.62. The van der Waals surface area contributed by atoms with Gasteiger partial charge in [0.05, 0.1) is 12.5 Å². The second kappa shape index (κ2) is 13.0. The van der Waals surface area contributed by atoms with Crippen LogP contribution in [0, 0.1) is 5.92 Å². The minimum Gasteiger partial charge on any atom is -0.481 e. The van der Waals surface area contributed by atoms with E-state index in [0.717, 1.165) is 0 Å². The van der Waals surface area contributed by atoms with Crippen molar-refractivity contribution in [1.29, 1.82) is 0 Å². The first-order valence-electron chi connectivity index (χ1n) is 9.00. The molecule has 166 valence electrons. The van der Waals surface area contributed by atoms with Crippen LogP contribution in [-0.2, 0) is 24.0 Å². The smallest absolute Gasteiger partial charge is 0.326 e. The minimum atomic E-state index is -1.63. The van der Waals surface area contributed by atoms with Gasteiger partial charge in [-0.2, -0.15) is 11.8 Å². The Labute approximate surface area is 173 Å². The molecule has 4 atom stereocenters. The van der Waals surface area contributed by atoms with Crippen molar-refractivity contribution in [3.63, 3.8) is 0 Å². The summed E-state index contributed by atoms with van der Waals surface area (Å²) in [5, 5.41) is 24.9. The molecule has 0 radical (unpaired) electrons. The third-order valence-corrected chi connectivity index (χ3v) is 4.65. The van der Waals surface area contributed by atoms with E-state index in [1.165, 1.54) is 18.7 Å². The van der Waals surface area contributed by atoms with E-state index in [2.05, 4.69) is 16.0 Å². The summed E-state index contributed by atoms with van der Waals surface area (Å²) < 4.78 is 0. The Morgan fingerprint density at radius 1 is 0.897 bits per heavy atom. The molecule has 12 heteroatoms. The molecule has 0 aliphatic rings. The monoisotopic (exact) mass is 434 g/mol. The van der Waals surface area contributed by atoms with Gasteiger partial charge in [0.2, 0.25) is 17.7 Å². The number of rotatable bonds is 13. The maximum Gasteiger partial charge on any atom is 0.326 e. The van der Waals surface area contributed by atoms with Crippen LogP contribution in [-0.4, -0.2) is 76.0 Å². The minimum absolute atomic E-state index is 0.132. The number of carboxylic acids is 2. The summed E-state index contributed by atoms with van der Waals surface area (Å²) >= 11 is 1.41. The predicted molar refractivity (Wildman–Crippen MR) is 107 cm³/mol. The Hall–Kier alpha value is -2.34. The van der Waals surface area contributed by atoms with Crippen molar-refractivity contribution in [2.75, 3.05) is 12.0 Å². The van der Waals surface area contributed by atoms with E-state index in [1.807, 2.05) is 0 Å². The quantitative estimate of drug-likeness (QED) is 0.206. The second-order valence-electron chi connectivity index (χ2n) is 6.84. The largest absolute Gasteiger partial charge is 0.481 e. The molecule has 0 bridgehead atoms. The van der Waals surface area contributed by atoms with Crippen LogP contribution in [0.3, 0.4) is 0 Å². The van der Waals surface area contributed by atoms with Gasteiger partial charge < -0.3 is 31.9 Å². The molecule has 0 aromatic rings. The zero-order valence-corrected chi connectivity index (χ0v) is 17.7. The summed E-state index contributed by atoms with van der Waals surface area (Å²) in [5.41, 5.74) is 5.73. The molecule has 0 fully saturated rings. The predicted octanol–water partition coefficient (Wildman–Crippen LogP) is -1.24.